The Kier molecular flexibility index (Phi) is 4.71. The fourth-order valence-electron chi connectivity index (χ4n) is 3.12. The summed E-state index contributed by atoms with van der Waals surface area (Å²) < 4.78 is 39.6. The fourth-order valence-corrected chi connectivity index (χ4v) is 4.23. The van der Waals surface area contributed by atoms with Gasteiger partial charge in [-0.05, 0) is 47.7 Å². The highest BCUT2D eigenvalue weighted by Crippen LogP contribution is 2.32. The predicted octanol–water partition coefficient (Wildman–Crippen LogP) is 2.85. The maximum absolute atomic E-state index is 13.5. The molecule has 0 saturated carbocycles. The number of hydrogen-bond donors (Lipinski definition) is 1. The van der Waals surface area contributed by atoms with Crippen LogP contribution in [0.4, 0.5) is 4.39 Å². The van der Waals surface area contributed by atoms with E-state index < -0.39 is 10.0 Å². The second-order valence-corrected chi connectivity index (χ2v) is 8.33. The molecule has 0 radical (unpaired) electrons. The molecular weight excluding hydrogens is 327 g/mol. The van der Waals surface area contributed by atoms with Gasteiger partial charge in [0.05, 0.1) is 4.90 Å². The molecule has 0 saturated heterocycles. The van der Waals surface area contributed by atoms with Gasteiger partial charge in [-0.3, -0.25) is 0 Å². The Hall–Kier alpha value is -1.76. The Labute approximate surface area is 142 Å². The number of sulfonamides is 1. The molecule has 0 aromatic heterocycles. The van der Waals surface area contributed by atoms with Crippen LogP contribution in [0.2, 0.25) is 0 Å². The lowest BCUT2D eigenvalue weighted by atomic mass is 10.1. The molecule has 1 aliphatic rings. The van der Waals surface area contributed by atoms with Crippen LogP contribution >= 0.6 is 0 Å². The molecule has 1 aliphatic carbocycles. The third-order valence-electron chi connectivity index (χ3n) is 4.46. The second kappa shape index (κ2) is 6.63. The van der Waals surface area contributed by atoms with E-state index in [2.05, 4.69) is 5.32 Å². The first-order chi connectivity index (χ1) is 11.4. The van der Waals surface area contributed by atoms with Crippen LogP contribution in [-0.4, -0.2) is 26.8 Å². The van der Waals surface area contributed by atoms with E-state index in [1.807, 2.05) is 18.2 Å². The summed E-state index contributed by atoms with van der Waals surface area (Å²) in [5, 5.41) is 3.38. The molecule has 0 unspecified atom stereocenters. The molecule has 0 bridgehead atoms. The summed E-state index contributed by atoms with van der Waals surface area (Å²) >= 11 is 0. The van der Waals surface area contributed by atoms with Crippen molar-refractivity contribution in [3.05, 3.63) is 65.0 Å². The van der Waals surface area contributed by atoms with Crippen molar-refractivity contribution in [1.82, 2.24) is 9.62 Å². The van der Waals surface area contributed by atoms with Crippen molar-refractivity contribution in [3.63, 3.8) is 0 Å². The van der Waals surface area contributed by atoms with Gasteiger partial charge in [0.1, 0.15) is 5.82 Å². The molecule has 0 amide bonds. The molecule has 1 N–H and O–H groups in total. The van der Waals surface area contributed by atoms with Gasteiger partial charge in [-0.15, -0.1) is 0 Å². The standard InChI is InChI=1S/C18H21FN2O2S/c1-21(2)24(22,23)18-6-4-3-5-14(18)12-20-17-10-8-13-7-9-15(19)11-16(13)17/h3-7,9,11,17,20H,8,10,12H2,1-2H3/t17-/m0/s1. The van der Waals surface area contributed by atoms with Gasteiger partial charge >= 0.3 is 0 Å². The molecular formula is C18H21FN2O2S. The lowest BCUT2D eigenvalue weighted by Gasteiger charge is -2.18. The van der Waals surface area contributed by atoms with Crippen LogP contribution in [0.3, 0.4) is 0 Å². The molecule has 128 valence electrons. The predicted molar refractivity (Wildman–Crippen MR) is 91.6 cm³/mol. The molecule has 1 atom stereocenters. The number of aryl methyl sites for hydroxylation is 1. The van der Waals surface area contributed by atoms with Crippen LogP contribution in [0.15, 0.2) is 47.4 Å². The molecule has 3 rings (SSSR count). The summed E-state index contributed by atoms with van der Waals surface area (Å²) in [4.78, 5) is 0.306. The van der Waals surface area contributed by atoms with E-state index in [0.717, 1.165) is 29.5 Å². The molecule has 24 heavy (non-hydrogen) atoms. The lowest BCUT2D eigenvalue weighted by Crippen LogP contribution is -2.25. The van der Waals surface area contributed by atoms with E-state index in [9.17, 15) is 12.8 Å². The topological polar surface area (TPSA) is 49.4 Å². The zero-order valence-electron chi connectivity index (χ0n) is 13.8. The molecule has 2 aromatic rings. The highest BCUT2D eigenvalue weighted by atomic mass is 32.2. The molecule has 0 aliphatic heterocycles. The quantitative estimate of drug-likeness (QED) is 0.904. The molecule has 6 heteroatoms. The summed E-state index contributed by atoms with van der Waals surface area (Å²) in [6.45, 7) is 0.420. The van der Waals surface area contributed by atoms with Gasteiger partial charge in [-0.2, -0.15) is 0 Å². The Morgan fingerprint density at radius 1 is 1.21 bits per heavy atom. The van der Waals surface area contributed by atoms with Gasteiger partial charge in [-0.25, -0.2) is 17.1 Å². The van der Waals surface area contributed by atoms with Crippen molar-refractivity contribution < 1.29 is 12.8 Å². The summed E-state index contributed by atoms with van der Waals surface area (Å²) in [6, 6.07) is 11.9. The van der Waals surface area contributed by atoms with Crippen molar-refractivity contribution in [1.29, 1.82) is 0 Å². The van der Waals surface area contributed by atoms with E-state index in [0.29, 0.717) is 11.4 Å². The summed E-state index contributed by atoms with van der Waals surface area (Å²) in [5.41, 5.74) is 2.85. The highest BCUT2D eigenvalue weighted by Gasteiger charge is 2.24. The van der Waals surface area contributed by atoms with Crippen molar-refractivity contribution in [2.24, 2.45) is 0 Å². The molecule has 2 aromatic carbocycles. The normalized spacial score (nSPS) is 17.2. The maximum Gasteiger partial charge on any atom is 0.242 e. The van der Waals surface area contributed by atoms with Crippen LogP contribution in [0.25, 0.3) is 0 Å². The fraction of sp³-hybridized carbons (Fsp3) is 0.333. The largest absolute Gasteiger partial charge is 0.306 e. The first-order valence-corrected chi connectivity index (χ1v) is 9.36. The first-order valence-electron chi connectivity index (χ1n) is 7.92. The van der Waals surface area contributed by atoms with E-state index in [1.54, 1.807) is 18.2 Å². The molecule has 4 nitrogen and oxygen atoms in total. The monoisotopic (exact) mass is 348 g/mol. The number of hydrogen-bond acceptors (Lipinski definition) is 3. The average Bonchev–Trinajstić information content (AvgIpc) is 2.95. The zero-order valence-corrected chi connectivity index (χ0v) is 14.6. The van der Waals surface area contributed by atoms with Crippen LogP contribution in [0, 0.1) is 5.82 Å². The smallest absolute Gasteiger partial charge is 0.242 e. The van der Waals surface area contributed by atoms with Crippen LogP contribution < -0.4 is 5.32 Å². The average molecular weight is 348 g/mol. The van der Waals surface area contributed by atoms with Gasteiger partial charge in [0, 0.05) is 26.7 Å². The minimum Gasteiger partial charge on any atom is -0.306 e. The van der Waals surface area contributed by atoms with Crippen molar-refractivity contribution in [2.75, 3.05) is 14.1 Å². The minimum atomic E-state index is -3.49. The Morgan fingerprint density at radius 2 is 1.96 bits per heavy atom. The van der Waals surface area contributed by atoms with Gasteiger partial charge < -0.3 is 5.32 Å². The van der Waals surface area contributed by atoms with Crippen molar-refractivity contribution >= 4 is 10.0 Å². The molecule has 0 spiro atoms. The van der Waals surface area contributed by atoms with E-state index in [-0.39, 0.29) is 11.9 Å². The number of nitrogens with one attached hydrogen (secondary N) is 1. The first kappa shape index (κ1) is 17.1. The minimum absolute atomic E-state index is 0.0471. The lowest BCUT2D eigenvalue weighted by molar-refractivity contribution is 0.509. The number of halogens is 1. The van der Waals surface area contributed by atoms with Gasteiger partial charge in [0.2, 0.25) is 10.0 Å². The number of fused-ring (bicyclic) bond motifs is 1. The van der Waals surface area contributed by atoms with E-state index in [1.165, 1.54) is 24.5 Å². The number of nitrogens with zero attached hydrogens (tertiary/aromatic N) is 1. The Balaban J connectivity index is 1.82. The van der Waals surface area contributed by atoms with Crippen molar-refractivity contribution in [3.8, 4) is 0 Å². The zero-order chi connectivity index (χ0) is 17.3. The van der Waals surface area contributed by atoms with Crippen LogP contribution in [0.1, 0.15) is 29.2 Å². The molecule has 0 heterocycles. The highest BCUT2D eigenvalue weighted by molar-refractivity contribution is 7.89. The summed E-state index contributed by atoms with van der Waals surface area (Å²) in [5.74, 6) is -0.238. The summed E-state index contributed by atoms with van der Waals surface area (Å²) in [7, 11) is -0.440. The van der Waals surface area contributed by atoms with E-state index >= 15 is 0 Å². The van der Waals surface area contributed by atoms with Gasteiger partial charge in [0.25, 0.3) is 0 Å². The molecule has 0 fully saturated rings. The third-order valence-corrected chi connectivity index (χ3v) is 6.37. The van der Waals surface area contributed by atoms with Crippen LogP contribution in [0.5, 0.6) is 0 Å². The van der Waals surface area contributed by atoms with E-state index in [4.69, 9.17) is 0 Å². The second-order valence-electron chi connectivity index (χ2n) is 6.21. The Bertz CT molecular complexity index is 850. The number of benzene rings is 2. The number of rotatable bonds is 5. The third kappa shape index (κ3) is 3.22. The van der Waals surface area contributed by atoms with Crippen molar-refractivity contribution in [2.45, 2.75) is 30.3 Å². The Morgan fingerprint density at radius 3 is 2.71 bits per heavy atom. The maximum atomic E-state index is 13.5. The summed E-state index contributed by atoms with van der Waals surface area (Å²) in [6.07, 6.45) is 1.80. The van der Waals surface area contributed by atoms with Crippen LogP contribution in [-0.2, 0) is 23.0 Å². The van der Waals surface area contributed by atoms with Gasteiger partial charge in [-0.1, -0.05) is 24.3 Å². The SMILES string of the molecule is CN(C)S(=O)(=O)c1ccccc1CN[C@H]1CCc2ccc(F)cc21. The van der Waals surface area contributed by atoms with Gasteiger partial charge in [0.15, 0.2) is 0 Å².